The lowest BCUT2D eigenvalue weighted by atomic mass is 9.97. The van der Waals surface area contributed by atoms with Gasteiger partial charge in [0, 0.05) is 1.43 Å². The lowest BCUT2D eigenvalue weighted by molar-refractivity contribution is -0.139. The normalized spacial score (nSPS) is 21.8. The summed E-state index contributed by atoms with van der Waals surface area (Å²) in [5.41, 5.74) is 1.16. The van der Waals surface area contributed by atoms with Crippen LogP contribution in [-0.4, -0.2) is 31.2 Å². The number of hydrogen-bond acceptors (Lipinski definition) is 4. The van der Waals surface area contributed by atoms with E-state index in [-0.39, 0.29) is 25.9 Å². The number of carbonyl (C=O) groups excluding carboxylic acids is 2. The van der Waals surface area contributed by atoms with E-state index in [9.17, 15) is 9.59 Å². The minimum Gasteiger partial charge on any atom is -0.461 e. The predicted octanol–water partition coefficient (Wildman–Crippen LogP) is 2.41. The third kappa shape index (κ3) is 5.87. The molecule has 0 radical (unpaired) electrons. The Hall–Kier alpha value is -1.36. The van der Waals surface area contributed by atoms with Crippen LogP contribution < -0.4 is 5.32 Å². The molecule has 0 aliphatic carbocycles. The van der Waals surface area contributed by atoms with Gasteiger partial charge in [-0.05, 0) is 39.2 Å². The van der Waals surface area contributed by atoms with E-state index in [0.717, 1.165) is 5.57 Å². The number of ether oxygens (including phenoxy) is 2. The maximum absolute atomic E-state index is 11.7. The van der Waals surface area contributed by atoms with Gasteiger partial charge in [0.05, 0.1) is 18.8 Å². The quantitative estimate of drug-likeness (QED) is 0.485. The fourth-order valence-corrected chi connectivity index (χ4v) is 2.04. The monoisotopic (exact) mass is 273 g/mol. The average Bonchev–Trinajstić information content (AvgIpc) is 2.37. The molecule has 1 fully saturated rings. The van der Waals surface area contributed by atoms with Crippen molar-refractivity contribution in [2.75, 3.05) is 6.61 Å². The van der Waals surface area contributed by atoms with Gasteiger partial charge in [-0.1, -0.05) is 13.8 Å². The molecular formula is C14H27NO4. The number of hydrogen-bond donors (Lipinski definition) is 1. The Kier molecular flexibility index (Phi) is 8.87. The molecule has 1 N–H and O–H groups in total. The molecule has 2 atom stereocenters. The summed E-state index contributed by atoms with van der Waals surface area (Å²) in [6.45, 7) is 9.91. The van der Waals surface area contributed by atoms with Crippen molar-refractivity contribution in [1.82, 2.24) is 5.32 Å². The first-order valence-electron chi connectivity index (χ1n) is 6.83. The Morgan fingerprint density at radius 3 is 2.37 bits per heavy atom. The zero-order valence-corrected chi connectivity index (χ0v) is 12.5. The molecule has 1 heterocycles. The Morgan fingerprint density at radius 1 is 1.42 bits per heavy atom. The molecule has 0 spiro atoms. The molecule has 19 heavy (non-hydrogen) atoms. The minimum atomic E-state index is -0.476. The molecule has 0 saturated carbocycles. The largest absolute Gasteiger partial charge is 0.461 e. The molecule has 112 valence electrons. The van der Waals surface area contributed by atoms with Crippen LogP contribution in [0.3, 0.4) is 0 Å². The Balaban J connectivity index is 0. The minimum absolute atomic E-state index is 0. The van der Waals surface area contributed by atoms with Gasteiger partial charge in [-0.25, -0.2) is 4.79 Å². The average molecular weight is 273 g/mol. The van der Waals surface area contributed by atoms with Crippen LogP contribution in [0.4, 0.5) is 0 Å². The lowest BCUT2D eigenvalue weighted by Gasteiger charge is -2.28. The third-order valence-electron chi connectivity index (χ3n) is 2.57. The highest BCUT2D eigenvalue weighted by atomic mass is 16.5. The molecule has 5 nitrogen and oxygen atoms in total. The maximum atomic E-state index is 11.7. The van der Waals surface area contributed by atoms with Crippen molar-refractivity contribution in [1.29, 1.82) is 0 Å². The Labute approximate surface area is 116 Å². The molecule has 1 aliphatic heterocycles. The van der Waals surface area contributed by atoms with Crippen LogP contribution >= 0.6 is 0 Å². The van der Waals surface area contributed by atoms with Crippen LogP contribution in [0.1, 0.15) is 48.9 Å². The molecule has 5 heteroatoms. The van der Waals surface area contributed by atoms with Crippen molar-refractivity contribution < 1.29 is 20.5 Å². The number of esters is 1. The summed E-state index contributed by atoms with van der Waals surface area (Å²) in [5, 5.41) is 2.45. The summed E-state index contributed by atoms with van der Waals surface area (Å²) in [7, 11) is 0. The summed E-state index contributed by atoms with van der Waals surface area (Å²) in [5.74, 6) is -0.476. The second-order valence-corrected chi connectivity index (χ2v) is 4.13. The zero-order valence-electron chi connectivity index (χ0n) is 12.5. The highest BCUT2D eigenvalue weighted by molar-refractivity contribution is 5.91. The second-order valence-electron chi connectivity index (χ2n) is 4.13. The van der Waals surface area contributed by atoms with Gasteiger partial charge in [0.15, 0.2) is 0 Å². The highest BCUT2D eigenvalue weighted by Gasteiger charge is 2.25. The first-order chi connectivity index (χ1) is 9.08. The Bertz CT molecular complexity index is 319. The topological polar surface area (TPSA) is 64.6 Å². The van der Waals surface area contributed by atoms with Crippen molar-refractivity contribution in [3.05, 3.63) is 11.3 Å². The van der Waals surface area contributed by atoms with Gasteiger partial charge in [0.25, 0.3) is 0 Å². The molecule has 0 unspecified atom stereocenters. The molecular weight excluding hydrogens is 246 g/mol. The Morgan fingerprint density at radius 2 is 1.95 bits per heavy atom. The summed E-state index contributed by atoms with van der Waals surface area (Å²) in [6, 6.07) is 0. The maximum Gasteiger partial charge on any atom is 0.354 e. The van der Waals surface area contributed by atoms with Crippen LogP contribution in [0, 0.1) is 0 Å². The van der Waals surface area contributed by atoms with E-state index in [2.05, 4.69) is 5.32 Å². The van der Waals surface area contributed by atoms with Crippen molar-refractivity contribution >= 4 is 12.4 Å². The molecule has 1 saturated heterocycles. The van der Waals surface area contributed by atoms with Gasteiger partial charge >= 0.3 is 5.97 Å². The zero-order chi connectivity index (χ0) is 14.8. The van der Waals surface area contributed by atoms with Gasteiger partial charge < -0.3 is 14.8 Å². The van der Waals surface area contributed by atoms with Crippen molar-refractivity contribution in [3.8, 4) is 0 Å². The van der Waals surface area contributed by atoms with Crippen LogP contribution in [0.25, 0.3) is 0 Å². The number of carbonyl (C=O) groups is 2. The molecule has 0 aromatic rings. The first-order valence-corrected chi connectivity index (χ1v) is 6.83. The SMILES string of the molecule is CC.CCOC(=O)C(NC=O)=C1C[C@@H](C)O[C@H](C)C1.[HH]. The van der Waals surface area contributed by atoms with Crippen molar-refractivity contribution in [3.63, 3.8) is 0 Å². The number of rotatable bonds is 4. The molecule has 1 amide bonds. The summed E-state index contributed by atoms with van der Waals surface area (Å²) >= 11 is 0. The first kappa shape index (κ1) is 17.6. The fraction of sp³-hybridized carbons (Fsp3) is 0.714. The molecule has 1 aliphatic rings. The van der Waals surface area contributed by atoms with E-state index >= 15 is 0 Å². The molecule has 1 rings (SSSR count). The smallest absolute Gasteiger partial charge is 0.354 e. The van der Waals surface area contributed by atoms with Gasteiger partial charge in [-0.3, -0.25) is 4.79 Å². The van der Waals surface area contributed by atoms with Crippen LogP contribution in [0.5, 0.6) is 0 Å². The van der Waals surface area contributed by atoms with Crippen LogP contribution in [0.2, 0.25) is 0 Å². The van der Waals surface area contributed by atoms with E-state index < -0.39 is 5.97 Å². The number of amides is 1. The van der Waals surface area contributed by atoms with Crippen molar-refractivity contribution in [2.24, 2.45) is 0 Å². The van der Waals surface area contributed by atoms with E-state index in [1.54, 1.807) is 6.92 Å². The lowest BCUT2D eigenvalue weighted by Crippen LogP contribution is -2.30. The fourth-order valence-electron chi connectivity index (χ4n) is 2.04. The molecule has 0 bridgehead atoms. The van der Waals surface area contributed by atoms with Crippen molar-refractivity contribution in [2.45, 2.75) is 59.7 Å². The standard InChI is InChI=1S/C12H19NO4.C2H6.H2/c1-4-16-12(15)11(13-7-14)10-5-8(2)17-9(3)6-10;1-2;/h7-9H,4-6H2,1-3H3,(H,13,14);1-2H3;1H/t8-,9-;;/m1../s1. The third-order valence-corrected chi connectivity index (χ3v) is 2.57. The number of nitrogens with one attached hydrogen (secondary N) is 1. The van der Waals surface area contributed by atoms with Gasteiger partial charge in [0.1, 0.15) is 5.70 Å². The molecule has 0 aromatic carbocycles. The molecule has 0 aromatic heterocycles. The van der Waals surface area contributed by atoms with E-state index in [0.29, 0.717) is 19.3 Å². The van der Waals surface area contributed by atoms with E-state index in [4.69, 9.17) is 9.47 Å². The predicted molar refractivity (Wildman–Crippen MR) is 75.6 cm³/mol. The summed E-state index contributed by atoms with van der Waals surface area (Å²) in [6.07, 6.45) is 1.88. The summed E-state index contributed by atoms with van der Waals surface area (Å²) in [4.78, 5) is 22.2. The van der Waals surface area contributed by atoms with Gasteiger partial charge in [-0.15, -0.1) is 0 Å². The van der Waals surface area contributed by atoms with Crippen LogP contribution in [0.15, 0.2) is 11.3 Å². The summed E-state index contributed by atoms with van der Waals surface area (Å²) < 4.78 is 10.5. The highest BCUT2D eigenvalue weighted by Crippen LogP contribution is 2.26. The van der Waals surface area contributed by atoms with E-state index in [1.165, 1.54) is 0 Å². The second kappa shape index (κ2) is 9.55. The van der Waals surface area contributed by atoms with E-state index in [1.807, 2.05) is 27.7 Å². The van der Waals surface area contributed by atoms with Gasteiger partial charge in [0.2, 0.25) is 6.41 Å². The van der Waals surface area contributed by atoms with Crippen LogP contribution in [-0.2, 0) is 19.1 Å². The van der Waals surface area contributed by atoms with Gasteiger partial charge in [-0.2, -0.15) is 0 Å².